The third kappa shape index (κ3) is 4.36. The van der Waals surface area contributed by atoms with E-state index in [0.717, 1.165) is 32.1 Å². The lowest BCUT2D eigenvalue weighted by molar-refractivity contribution is 0.0495. The van der Waals surface area contributed by atoms with Gasteiger partial charge in [0.1, 0.15) is 5.60 Å². The molecule has 0 spiro atoms. The largest absolute Gasteiger partial charge is 0.439 e. The average Bonchev–Trinajstić information content (AvgIpc) is 2.18. The Morgan fingerprint density at radius 2 is 2.40 bits per heavy atom. The van der Waals surface area contributed by atoms with E-state index >= 15 is 0 Å². The highest BCUT2D eigenvalue weighted by Crippen LogP contribution is 2.25. The molecular formula is C12H21NO2. The van der Waals surface area contributed by atoms with Crippen LogP contribution in [-0.2, 0) is 4.74 Å². The molecule has 0 fully saturated rings. The molecule has 0 radical (unpaired) electrons. The zero-order chi connectivity index (χ0) is 11.1. The van der Waals surface area contributed by atoms with Crippen LogP contribution in [0.5, 0.6) is 0 Å². The molecule has 0 saturated carbocycles. The fourth-order valence-electron chi connectivity index (χ4n) is 1.69. The van der Waals surface area contributed by atoms with Crippen molar-refractivity contribution in [1.29, 1.82) is 0 Å². The van der Waals surface area contributed by atoms with Gasteiger partial charge >= 0.3 is 6.09 Å². The van der Waals surface area contributed by atoms with Crippen LogP contribution in [0.1, 0.15) is 46.0 Å². The van der Waals surface area contributed by atoms with Crippen LogP contribution in [0.2, 0.25) is 0 Å². The van der Waals surface area contributed by atoms with Crippen molar-refractivity contribution >= 4 is 6.09 Å². The van der Waals surface area contributed by atoms with Gasteiger partial charge in [0.2, 0.25) is 0 Å². The molecule has 0 aliphatic heterocycles. The summed E-state index contributed by atoms with van der Waals surface area (Å²) in [5.74, 6) is 0. The lowest BCUT2D eigenvalue weighted by Crippen LogP contribution is -2.36. The van der Waals surface area contributed by atoms with E-state index in [9.17, 15) is 4.79 Å². The van der Waals surface area contributed by atoms with Gasteiger partial charge in [0.05, 0.1) is 0 Å². The fourth-order valence-corrected chi connectivity index (χ4v) is 1.69. The molecular weight excluding hydrogens is 190 g/mol. The summed E-state index contributed by atoms with van der Waals surface area (Å²) in [6.07, 6.45) is 8.98. The third-order valence-corrected chi connectivity index (χ3v) is 2.64. The van der Waals surface area contributed by atoms with Gasteiger partial charge in [0, 0.05) is 6.54 Å². The summed E-state index contributed by atoms with van der Waals surface area (Å²) < 4.78 is 5.39. The summed E-state index contributed by atoms with van der Waals surface area (Å²) >= 11 is 0. The van der Waals surface area contributed by atoms with Gasteiger partial charge < -0.3 is 10.1 Å². The number of carbonyl (C=O) groups excluding carboxylic acids is 1. The minimum Gasteiger partial charge on any atom is -0.439 e. The molecule has 3 nitrogen and oxygen atoms in total. The zero-order valence-electron chi connectivity index (χ0n) is 9.71. The number of rotatable bonds is 4. The number of allylic oxidation sites excluding steroid dienone is 1. The van der Waals surface area contributed by atoms with Gasteiger partial charge in [-0.3, -0.25) is 0 Å². The smallest absolute Gasteiger partial charge is 0.407 e. The third-order valence-electron chi connectivity index (χ3n) is 2.64. The van der Waals surface area contributed by atoms with E-state index in [4.69, 9.17) is 4.74 Å². The molecule has 1 N–H and O–H groups in total. The number of hydrogen-bond donors (Lipinski definition) is 1. The summed E-state index contributed by atoms with van der Waals surface area (Å²) in [5, 5.41) is 2.76. The number of hydrogen-bond acceptors (Lipinski definition) is 2. The van der Waals surface area contributed by atoms with E-state index in [1.54, 1.807) is 0 Å². The molecule has 0 aromatic carbocycles. The highest BCUT2D eigenvalue weighted by Gasteiger charge is 2.26. The van der Waals surface area contributed by atoms with Gasteiger partial charge in [-0.2, -0.15) is 0 Å². The molecule has 0 heterocycles. The van der Waals surface area contributed by atoms with Gasteiger partial charge in [-0.05, 0) is 38.7 Å². The van der Waals surface area contributed by atoms with Crippen LogP contribution in [0.25, 0.3) is 0 Å². The van der Waals surface area contributed by atoms with Crippen LogP contribution in [0.15, 0.2) is 12.2 Å². The van der Waals surface area contributed by atoms with Gasteiger partial charge in [-0.1, -0.05) is 19.4 Å². The lowest BCUT2D eigenvalue weighted by Gasteiger charge is -2.28. The SMILES string of the molecule is CCCCNC(=O)OC1(C)C=CCCC1. The second-order valence-electron chi connectivity index (χ2n) is 4.28. The molecule has 1 amide bonds. The minimum absolute atomic E-state index is 0.294. The lowest BCUT2D eigenvalue weighted by atomic mass is 9.93. The van der Waals surface area contributed by atoms with Crippen molar-refractivity contribution < 1.29 is 9.53 Å². The van der Waals surface area contributed by atoms with Crippen LogP contribution in [-0.4, -0.2) is 18.2 Å². The minimum atomic E-state index is -0.394. The number of ether oxygens (including phenoxy) is 1. The molecule has 1 rings (SSSR count). The summed E-state index contributed by atoms with van der Waals surface area (Å²) in [6.45, 7) is 4.76. The molecule has 0 bridgehead atoms. The molecule has 0 aromatic rings. The van der Waals surface area contributed by atoms with Gasteiger partial charge in [-0.15, -0.1) is 0 Å². The quantitative estimate of drug-likeness (QED) is 0.573. The van der Waals surface area contributed by atoms with E-state index in [-0.39, 0.29) is 6.09 Å². The number of unbranched alkanes of at least 4 members (excludes halogenated alkanes) is 1. The first-order chi connectivity index (χ1) is 7.16. The normalized spacial score (nSPS) is 24.9. The molecule has 1 unspecified atom stereocenters. The predicted molar refractivity (Wildman–Crippen MR) is 60.8 cm³/mol. The van der Waals surface area contributed by atoms with E-state index in [2.05, 4.69) is 18.3 Å². The summed E-state index contributed by atoms with van der Waals surface area (Å²) in [4.78, 5) is 11.4. The summed E-state index contributed by atoms with van der Waals surface area (Å²) in [6, 6.07) is 0. The maximum absolute atomic E-state index is 11.4. The second kappa shape index (κ2) is 5.79. The number of carbonyl (C=O) groups is 1. The van der Waals surface area contributed by atoms with E-state index in [1.807, 2.05) is 13.0 Å². The van der Waals surface area contributed by atoms with Crippen molar-refractivity contribution in [3.63, 3.8) is 0 Å². The van der Waals surface area contributed by atoms with Crippen molar-refractivity contribution in [3.05, 3.63) is 12.2 Å². The molecule has 0 aromatic heterocycles. The van der Waals surface area contributed by atoms with E-state index < -0.39 is 5.60 Å². The molecule has 15 heavy (non-hydrogen) atoms. The molecule has 1 aliphatic carbocycles. The molecule has 3 heteroatoms. The molecule has 86 valence electrons. The van der Waals surface area contributed by atoms with Gasteiger partial charge in [-0.25, -0.2) is 4.79 Å². The van der Waals surface area contributed by atoms with Crippen LogP contribution in [0.4, 0.5) is 4.79 Å². The van der Waals surface area contributed by atoms with Gasteiger partial charge in [0.25, 0.3) is 0 Å². The number of alkyl carbamates (subject to hydrolysis) is 1. The van der Waals surface area contributed by atoms with Crippen molar-refractivity contribution in [2.24, 2.45) is 0 Å². The Morgan fingerprint density at radius 1 is 1.60 bits per heavy atom. The maximum atomic E-state index is 11.4. The Kier molecular flexibility index (Phi) is 4.66. The molecule has 1 atom stereocenters. The Balaban J connectivity index is 2.30. The number of nitrogens with one attached hydrogen (secondary N) is 1. The number of amides is 1. The second-order valence-corrected chi connectivity index (χ2v) is 4.28. The Bertz CT molecular complexity index is 238. The molecule has 0 saturated heterocycles. The first kappa shape index (κ1) is 12.1. The highest BCUT2D eigenvalue weighted by molar-refractivity contribution is 5.67. The van der Waals surface area contributed by atoms with Crippen molar-refractivity contribution in [2.45, 2.75) is 51.6 Å². The standard InChI is InChI=1S/C12H21NO2/c1-3-4-10-13-11(14)15-12(2)8-6-5-7-9-12/h6,8H,3-5,7,9-10H2,1-2H3,(H,13,14). The monoisotopic (exact) mass is 211 g/mol. The van der Waals surface area contributed by atoms with E-state index in [0.29, 0.717) is 6.54 Å². The average molecular weight is 211 g/mol. The fraction of sp³-hybridized carbons (Fsp3) is 0.750. The van der Waals surface area contributed by atoms with Crippen LogP contribution in [0, 0.1) is 0 Å². The Labute approximate surface area is 91.9 Å². The van der Waals surface area contributed by atoms with Gasteiger partial charge in [0.15, 0.2) is 0 Å². The van der Waals surface area contributed by atoms with Crippen molar-refractivity contribution in [3.8, 4) is 0 Å². The highest BCUT2D eigenvalue weighted by atomic mass is 16.6. The maximum Gasteiger partial charge on any atom is 0.407 e. The van der Waals surface area contributed by atoms with Crippen LogP contribution >= 0.6 is 0 Å². The Morgan fingerprint density at radius 3 is 3.00 bits per heavy atom. The van der Waals surface area contributed by atoms with Crippen molar-refractivity contribution in [2.75, 3.05) is 6.54 Å². The first-order valence-corrected chi connectivity index (χ1v) is 5.81. The van der Waals surface area contributed by atoms with E-state index in [1.165, 1.54) is 0 Å². The topological polar surface area (TPSA) is 38.3 Å². The summed E-state index contributed by atoms with van der Waals surface area (Å²) in [7, 11) is 0. The zero-order valence-corrected chi connectivity index (χ0v) is 9.71. The summed E-state index contributed by atoms with van der Waals surface area (Å²) in [5.41, 5.74) is -0.394. The van der Waals surface area contributed by atoms with Crippen molar-refractivity contribution in [1.82, 2.24) is 5.32 Å². The predicted octanol–water partition coefficient (Wildman–Crippen LogP) is 3.01. The molecule has 1 aliphatic rings. The Hall–Kier alpha value is -0.990. The van der Waals surface area contributed by atoms with Crippen LogP contribution < -0.4 is 5.32 Å². The first-order valence-electron chi connectivity index (χ1n) is 5.81. The van der Waals surface area contributed by atoms with Crippen LogP contribution in [0.3, 0.4) is 0 Å².